The van der Waals surface area contributed by atoms with Gasteiger partial charge in [-0.1, -0.05) is 12.5 Å². The molecule has 0 spiro atoms. The largest absolute Gasteiger partial charge is 0.490 e. The van der Waals surface area contributed by atoms with E-state index in [1.165, 1.54) is 12.1 Å². The van der Waals surface area contributed by atoms with E-state index in [0.717, 1.165) is 139 Å². The molecular weight excluding hydrogens is 1250 g/mol. The number of aryl methyl sites for hydroxylation is 2. The van der Waals surface area contributed by atoms with Gasteiger partial charge in [-0.3, -0.25) is 28.2 Å². The van der Waals surface area contributed by atoms with Gasteiger partial charge in [0.25, 0.3) is 15.7 Å². The zero-order valence-electron chi connectivity index (χ0n) is 46.1. The summed E-state index contributed by atoms with van der Waals surface area (Å²) in [6.45, 7) is 2.01. The predicted molar refractivity (Wildman–Crippen MR) is 304 cm³/mol. The molecule has 37 heteroatoms. The van der Waals surface area contributed by atoms with Gasteiger partial charge in [0.2, 0.25) is 27.2 Å². The molecule has 6 aliphatic rings. The molecule has 6 atom stereocenters. The Balaban J connectivity index is 0.726. The van der Waals surface area contributed by atoms with Gasteiger partial charge in [0.05, 0.1) is 28.3 Å². The van der Waals surface area contributed by atoms with Gasteiger partial charge in [0.1, 0.15) is 36.8 Å². The maximum Gasteiger partial charge on any atom is 0.490 e. The van der Waals surface area contributed by atoms with Crippen molar-refractivity contribution in [3.63, 3.8) is 0 Å². The summed E-state index contributed by atoms with van der Waals surface area (Å²) in [4.78, 5) is 87.4. The Morgan fingerprint density at radius 2 is 1.57 bits per heavy atom. The molecule has 11 rings (SSSR count). The number of phosphoric acid groups is 3. The summed E-state index contributed by atoms with van der Waals surface area (Å²) in [5, 5.41) is 18.1. The first kappa shape index (κ1) is 62.6. The molecule has 32 nitrogen and oxygen atoms in total. The number of ether oxygens (including phenoxy) is 3. The van der Waals surface area contributed by atoms with Crippen molar-refractivity contribution in [1.82, 2.24) is 39.5 Å². The van der Waals surface area contributed by atoms with E-state index >= 15 is 0 Å². The molecule has 5 aromatic rings. The third-order valence-corrected chi connectivity index (χ3v) is 21.8. The summed E-state index contributed by atoms with van der Waals surface area (Å²) in [6, 6.07) is 7.85. The van der Waals surface area contributed by atoms with E-state index in [1.807, 2.05) is 0 Å². The lowest BCUT2D eigenvalue weighted by Gasteiger charge is -2.39. The van der Waals surface area contributed by atoms with Crippen LogP contribution in [0.4, 0.5) is 16.4 Å². The smallest absolute Gasteiger partial charge is 0.455 e. The van der Waals surface area contributed by atoms with Gasteiger partial charge in [-0.05, 0) is 81.2 Å². The van der Waals surface area contributed by atoms with Crippen molar-refractivity contribution in [3.8, 4) is 11.5 Å². The fourth-order valence-corrected chi connectivity index (χ4v) is 17.1. The van der Waals surface area contributed by atoms with E-state index in [1.54, 1.807) is 0 Å². The van der Waals surface area contributed by atoms with E-state index in [-0.39, 0.29) is 60.0 Å². The van der Waals surface area contributed by atoms with Crippen molar-refractivity contribution in [2.24, 2.45) is 0 Å². The first-order valence-electron chi connectivity index (χ1n) is 27.8. The Morgan fingerprint density at radius 1 is 0.851 bits per heavy atom. The number of rotatable bonds is 22. The molecule has 0 aliphatic carbocycles. The van der Waals surface area contributed by atoms with Gasteiger partial charge in [-0.2, -0.15) is 22.0 Å². The fourth-order valence-electron chi connectivity index (χ4n) is 12.2. The number of aliphatic hydroxyl groups excluding tert-OH is 1. The van der Waals surface area contributed by atoms with E-state index < -0.39 is 97.2 Å². The molecule has 2 amide bonds. The monoisotopic (exact) mass is 1310 g/mol. The van der Waals surface area contributed by atoms with Gasteiger partial charge in [-0.15, -0.1) is 0 Å². The lowest BCUT2D eigenvalue weighted by Crippen LogP contribution is -2.45. The number of nitrogens with two attached hydrogens (primary N) is 1. The molecule has 0 bridgehead atoms. The number of benzene rings is 3. The highest BCUT2D eigenvalue weighted by Gasteiger charge is 2.50. The number of aromatic amines is 1. The van der Waals surface area contributed by atoms with Crippen LogP contribution >= 0.6 is 23.5 Å². The number of aliphatic hydroxyl groups is 1. The van der Waals surface area contributed by atoms with Crippen LogP contribution in [-0.2, 0) is 86.9 Å². The number of imidazole rings is 1. The van der Waals surface area contributed by atoms with Crippen LogP contribution in [0.2, 0.25) is 0 Å². The number of amides is 2. The number of alkyl carbamates (subject to hydrolysis) is 1. The number of hydrogen-bond donors (Lipinski definition) is 11. The summed E-state index contributed by atoms with van der Waals surface area (Å²) in [7, 11) is -26.8. The second-order valence-electron chi connectivity index (χ2n) is 21.6. The number of H-pyrrole nitrogens is 1. The van der Waals surface area contributed by atoms with Crippen molar-refractivity contribution < 1.29 is 96.7 Å². The Hall–Kier alpha value is -6.03. The number of anilines is 2. The number of nitrogens with one attached hydrogen (secondary N) is 4. The quantitative estimate of drug-likeness (QED) is 0.0193. The predicted octanol–water partition coefficient (Wildman–Crippen LogP) is 0.735. The van der Waals surface area contributed by atoms with E-state index in [0.29, 0.717) is 29.9 Å². The van der Waals surface area contributed by atoms with E-state index in [9.17, 15) is 64.4 Å². The van der Waals surface area contributed by atoms with Crippen molar-refractivity contribution in [2.45, 2.75) is 111 Å². The van der Waals surface area contributed by atoms with Crippen LogP contribution in [0, 0.1) is 0 Å². The molecule has 470 valence electrons. The van der Waals surface area contributed by atoms with Gasteiger partial charge >= 0.3 is 29.6 Å². The summed E-state index contributed by atoms with van der Waals surface area (Å²) < 4.78 is 137. The number of carbonyl (C=O) groups is 2. The first-order valence-corrected chi connectivity index (χ1v) is 35.2. The normalized spacial score (nSPS) is 21.2. The molecule has 6 aliphatic heterocycles. The number of nitrogens with zero attached hydrogens (tertiary/aromatic N) is 5. The van der Waals surface area contributed by atoms with Crippen LogP contribution < -0.4 is 51.4 Å². The molecule has 0 saturated carbocycles. The lowest BCUT2D eigenvalue weighted by molar-refractivity contribution is -0.121. The number of fused-ring (bicyclic) bond motifs is 5. The average Bonchev–Trinajstić information content (AvgIpc) is 1.30. The number of unbranched alkanes of at least 4 members (excludes halogenated alkanes) is 2. The zero-order chi connectivity index (χ0) is 62.0. The van der Waals surface area contributed by atoms with Crippen molar-refractivity contribution >= 4 is 84.0 Å². The maximum atomic E-state index is 14.7. The topological polar surface area (TPSA) is 462 Å². The number of phosphoric ester groups is 1. The Morgan fingerprint density at radius 3 is 2.33 bits per heavy atom. The molecule has 2 unspecified atom stereocenters. The molecule has 0 radical (unpaired) electrons. The van der Waals surface area contributed by atoms with Crippen molar-refractivity contribution in [3.05, 3.63) is 91.0 Å². The molecule has 87 heavy (non-hydrogen) atoms. The standard InChI is InChI=1S/C50H61N10O22P3S2/c51-49-56-46-39(47(63)57-49)54-26-60(46)48-45(42(62)35(78-48)25-77-84(68,69)82-85(70,71)81-83(65,66)67)80-50(64)53-17-16-52-37(61)12-2-1-3-15-55-86(72,73)36-24-29(87(74,75)76)13-14-30(36)38-33-22-27-8-4-18-58-20-6-10-31(40(27)58)43(33)79-44-32-11-7-21-59-19-5-9-28(41(32)59)23-34(38)44/h13-14,22-24,26,35,42,45,48,55,62H,1-12,15-21,25H2,(H9-,51,52,53,56,57,61,63,64,65,66,67,68,69,70,71,74,75,76)/p+1/t35-,42-,45-,48-/m1/s1. The Bertz CT molecular complexity index is 4210. The summed E-state index contributed by atoms with van der Waals surface area (Å²) in [5.74, 6) is 0.516. The molecule has 2 aromatic heterocycles. The molecule has 3 aromatic carbocycles. The minimum absolute atomic E-state index is 0.0147. The van der Waals surface area contributed by atoms with Gasteiger partial charge < -0.3 is 60.2 Å². The number of hydrogen-bond acceptors (Lipinski definition) is 21. The summed E-state index contributed by atoms with van der Waals surface area (Å²) in [5.41, 5.74) is 11.5. The van der Waals surface area contributed by atoms with E-state index in [4.69, 9.17) is 29.7 Å². The number of carbonyl (C=O) groups excluding carboxylic acids is 2. The van der Waals surface area contributed by atoms with E-state index in [2.05, 4.69) is 65.1 Å². The molecule has 12 N–H and O–H groups in total. The molecule has 8 heterocycles. The summed E-state index contributed by atoms with van der Waals surface area (Å²) >= 11 is 0. The minimum Gasteiger partial charge on any atom is -0.455 e. The minimum atomic E-state index is -5.92. The third kappa shape index (κ3) is 13.3. The number of aromatic nitrogens is 4. The lowest BCUT2D eigenvalue weighted by atomic mass is 9.82. The number of nitrogen functional groups attached to an aromatic ring is 1. The van der Waals surface area contributed by atoms with Crippen LogP contribution in [0.25, 0.3) is 16.7 Å². The van der Waals surface area contributed by atoms with Crippen LogP contribution in [0.15, 0.2) is 51.2 Å². The number of sulfonamides is 1. The van der Waals surface area contributed by atoms with Gasteiger partial charge in [0, 0.05) is 90.7 Å². The second-order valence-corrected chi connectivity index (χ2v) is 29.1. The maximum absolute atomic E-state index is 14.7. The highest BCUT2D eigenvalue weighted by Crippen LogP contribution is 2.66. The van der Waals surface area contributed by atoms with Crippen molar-refractivity contribution in [1.29, 1.82) is 0 Å². The fraction of sp³-hybridized carbons (Fsp3) is 0.480. The average molecular weight is 1310 g/mol. The molecular formula is C50H62N10O22P3S2+. The van der Waals surface area contributed by atoms with Crippen molar-refractivity contribution in [2.75, 3.05) is 63.1 Å². The third-order valence-electron chi connectivity index (χ3n) is 15.7. The van der Waals surface area contributed by atoms with Gasteiger partial charge in [-0.25, -0.2) is 41.2 Å². The first-order chi connectivity index (χ1) is 41.1. The SMILES string of the molecule is Nc1nc2c(ncn2[C@@H]2O[C@H](COP(=O)(O)OP(=O)(O)OP(=O)(O)O)[C@@H](O)[C@H]2OC(=O)NCCNC(=O)CCCCCNS(=O)(=O)c2cc(S(=O)(=O)O)ccc2C2=c3cc4c5c(c3Oc3c2cc2c6c3CCCN6CCC2)CCC[N+]=5CCC4)c(=O)[nH]1. The molecule has 1 saturated heterocycles. The van der Waals surface area contributed by atoms with Crippen LogP contribution in [0.3, 0.4) is 0 Å². The highest BCUT2D eigenvalue weighted by atomic mass is 32.2. The van der Waals surface area contributed by atoms with Crippen LogP contribution in [0.5, 0.6) is 11.5 Å². The molecule has 1 fully saturated rings. The zero-order valence-corrected chi connectivity index (χ0v) is 50.4. The second kappa shape index (κ2) is 24.4. The van der Waals surface area contributed by atoms with Crippen LogP contribution in [0.1, 0.15) is 91.0 Å². The Kier molecular flexibility index (Phi) is 17.5. The summed E-state index contributed by atoms with van der Waals surface area (Å²) in [6.07, 6.45) is 0.458. The van der Waals surface area contributed by atoms with Crippen LogP contribution in [-0.4, -0.2) is 148 Å². The Labute approximate surface area is 495 Å². The highest BCUT2D eigenvalue weighted by molar-refractivity contribution is 7.89. The van der Waals surface area contributed by atoms with Gasteiger partial charge in [0.15, 0.2) is 23.5 Å².